The number of allylic oxidation sites excluding steroid dienone is 4. The summed E-state index contributed by atoms with van der Waals surface area (Å²) >= 11 is 0. The molecule has 8 atom stereocenters. The van der Waals surface area contributed by atoms with Crippen molar-refractivity contribution in [1.29, 1.82) is 0 Å². The largest absolute Gasteiger partial charge is 0.450 e. The van der Waals surface area contributed by atoms with Crippen molar-refractivity contribution < 1.29 is 37.7 Å². The minimum Gasteiger partial charge on any atom is -0.450 e. The zero-order valence-corrected chi connectivity index (χ0v) is 30.6. The van der Waals surface area contributed by atoms with Gasteiger partial charge in [0, 0.05) is 33.9 Å². The fraction of sp³-hybridized carbons (Fsp3) is 0.500. The number of halogens is 3. The van der Waals surface area contributed by atoms with Crippen LogP contribution in [-0.2, 0) is 17.5 Å². The Morgan fingerprint density at radius 1 is 0.906 bits per heavy atom. The monoisotopic (exact) mass is 727 g/mol. The Labute approximate surface area is 308 Å². The lowest BCUT2D eigenvalue weighted by Crippen LogP contribution is -2.67. The molecule has 0 aromatic heterocycles. The third-order valence-corrected chi connectivity index (χ3v) is 14.6. The van der Waals surface area contributed by atoms with Crippen LogP contribution in [0.1, 0.15) is 87.2 Å². The highest BCUT2D eigenvalue weighted by Crippen LogP contribution is 2.78. The molecule has 280 valence electrons. The van der Waals surface area contributed by atoms with Crippen LogP contribution in [0.3, 0.4) is 0 Å². The Morgan fingerprint density at radius 2 is 1.60 bits per heavy atom. The first-order valence-corrected chi connectivity index (χ1v) is 19.1. The van der Waals surface area contributed by atoms with E-state index in [1.165, 1.54) is 12.1 Å². The van der Waals surface area contributed by atoms with Gasteiger partial charge in [0.15, 0.2) is 5.78 Å². The van der Waals surface area contributed by atoms with Crippen molar-refractivity contribution in [3.8, 4) is 0 Å². The van der Waals surface area contributed by atoms with E-state index in [1.54, 1.807) is 11.8 Å². The number of ether oxygens (including phenoxy) is 1. The van der Waals surface area contributed by atoms with E-state index in [4.69, 9.17) is 4.74 Å². The first kappa shape index (κ1) is 36.0. The lowest BCUT2D eigenvalue weighted by molar-refractivity contribution is -0.175. The number of hydrogen-bond acceptors (Lipinski definition) is 5. The SMILES string of the molecule is CCOC(=O)N(Cc1cccc2ccccc12)CC1(O)CCC2C34C=CC5(C=C3C(=O)c3cccc(C(F)(F)F)c3)CC(O)CCC5(C)C4CCC21C. The van der Waals surface area contributed by atoms with Crippen LogP contribution in [0.4, 0.5) is 18.0 Å². The molecule has 3 saturated carbocycles. The van der Waals surface area contributed by atoms with Gasteiger partial charge >= 0.3 is 12.3 Å². The number of aliphatic hydroxyl groups excluding tert-OH is 1. The first-order valence-electron chi connectivity index (χ1n) is 19.1. The van der Waals surface area contributed by atoms with Crippen LogP contribution < -0.4 is 0 Å². The van der Waals surface area contributed by atoms with E-state index in [9.17, 15) is 33.0 Å². The minimum atomic E-state index is -4.61. The second-order valence-electron chi connectivity index (χ2n) is 16.9. The molecule has 8 unspecified atom stereocenters. The molecular formula is C44H48F3NO5. The molecule has 3 fully saturated rings. The molecule has 0 aliphatic heterocycles. The van der Waals surface area contributed by atoms with Gasteiger partial charge in [-0.05, 0) is 97.6 Å². The van der Waals surface area contributed by atoms with Crippen molar-refractivity contribution in [3.63, 3.8) is 0 Å². The standard InChI is InChI=1S/C44H48F3NO5/c1-4-53-38(51)48(26-30-12-7-10-28-9-5-6-14-33(28)30)27-42(52)20-17-36-40(42,3)19-16-35-39(2)18-15-32(49)24-41(39)21-22-43(35,36)34(25-41)37(50)29-11-8-13-31(23-29)44(45,46)47/h5-14,21-23,25,32,35-36,49,52H,4,15-20,24,26-27H2,1-3H3. The van der Waals surface area contributed by atoms with Gasteiger partial charge in [0.05, 0.1) is 30.4 Å². The quantitative estimate of drug-likeness (QED) is 0.187. The highest BCUT2D eigenvalue weighted by Gasteiger charge is 2.74. The maximum atomic E-state index is 14.8. The van der Waals surface area contributed by atoms with E-state index >= 15 is 0 Å². The smallest absolute Gasteiger partial charge is 0.416 e. The molecule has 0 saturated heterocycles. The Kier molecular flexibility index (Phi) is 8.36. The molecule has 0 heterocycles. The van der Waals surface area contributed by atoms with Crippen LogP contribution in [-0.4, -0.2) is 51.8 Å². The highest BCUT2D eigenvalue weighted by atomic mass is 19.4. The van der Waals surface area contributed by atoms with Crippen LogP contribution in [0.5, 0.6) is 0 Å². The number of benzene rings is 3. The molecular weight excluding hydrogens is 679 g/mol. The summed E-state index contributed by atoms with van der Waals surface area (Å²) in [6, 6.07) is 18.6. The lowest BCUT2D eigenvalue weighted by atomic mass is 9.32. The van der Waals surface area contributed by atoms with Crippen molar-refractivity contribution in [2.45, 2.75) is 90.1 Å². The molecule has 6 aliphatic rings. The lowest BCUT2D eigenvalue weighted by Gasteiger charge is -2.71. The number of fused-ring (bicyclic) bond motifs is 2. The molecule has 6 aliphatic carbocycles. The predicted molar refractivity (Wildman–Crippen MR) is 196 cm³/mol. The van der Waals surface area contributed by atoms with Crippen molar-refractivity contribution >= 4 is 22.6 Å². The van der Waals surface area contributed by atoms with Crippen LogP contribution in [0.25, 0.3) is 10.8 Å². The maximum absolute atomic E-state index is 14.8. The summed E-state index contributed by atoms with van der Waals surface area (Å²) in [6.07, 6.45) is 4.76. The summed E-state index contributed by atoms with van der Waals surface area (Å²) in [5, 5.41) is 26.0. The van der Waals surface area contributed by atoms with Gasteiger partial charge in [-0.15, -0.1) is 0 Å². The van der Waals surface area contributed by atoms with Crippen molar-refractivity contribution in [2.75, 3.05) is 13.2 Å². The molecule has 0 radical (unpaired) electrons. The Morgan fingerprint density at radius 3 is 2.38 bits per heavy atom. The Hall–Kier alpha value is -3.95. The number of nitrogens with zero attached hydrogens (tertiary/aromatic N) is 1. The number of amides is 1. The molecule has 1 amide bonds. The predicted octanol–water partition coefficient (Wildman–Crippen LogP) is 9.29. The fourth-order valence-electron chi connectivity index (χ4n) is 11.9. The van der Waals surface area contributed by atoms with Gasteiger partial charge < -0.3 is 19.8 Å². The number of carbonyl (C=O) groups excluding carboxylic acids is 2. The van der Waals surface area contributed by atoms with Gasteiger partial charge in [-0.3, -0.25) is 4.79 Å². The molecule has 53 heavy (non-hydrogen) atoms. The average molecular weight is 728 g/mol. The summed E-state index contributed by atoms with van der Waals surface area (Å²) in [5.41, 5.74) is -3.35. The zero-order valence-electron chi connectivity index (χ0n) is 30.6. The van der Waals surface area contributed by atoms with Gasteiger partial charge in [0.25, 0.3) is 0 Å². The zero-order chi connectivity index (χ0) is 37.6. The Balaban J connectivity index is 1.21. The fourth-order valence-corrected chi connectivity index (χ4v) is 11.9. The average Bonchev–Trinajstić information content (AvgIpc) is 3.40. The normalized spacial score (nSPS) is 35.6. The highest BCUT2D eigenvalue weighted by molar-refractivity contribution is 6.10. The summed E-state index contributed by atoms with van der Waals surface area (Å²) in [5.74, 6) is -0.699. The molecule has 2 N–H and O–H groups in total. The summed E-state index contributed by atoms with van der Waals surface area (Å²) < 4.78 is 47.3. The molecule has 9 heteroatoms. The van der Waals surface area contributed by atoms with Crippen LogP contribution in [0.15, 0.2) is 90.5 Å². The van der Waals surface area contributed by atoms with E-state index in [-0.39, 0.29) is 42.5 Å². The summed E-state index contributed by atoms with van der Waals surface area (Å²) in [7, 11) is 0. The number of ketones is 1. The molecule has 9 rings (SSSR count). The first-order chi connectivity index (χ1) is 25.1. The van der Waals surface area contributed by atoms with E-state index in [0.29, 0.717) is 44.1 Å². The Bertz CT molecular complexity index is 2040. The van der Waals surface area contributed by atoms with Crippen LogP contribution in [0.2, 0.25) is 0 Å². The minimum absolute atomic E-state index is 0.0151. The van der Waals surface area contributed by atoms with Crippen LogP contribution >= 0.6 is 0 Å². The van der Waals surface area contributed by atoms with E-state index in [1.807, 2.05) is 48.5 Å². The summed E-state index contributed by atoms with van der Waals surface area (Å²) in [6.45, 7) is 6.55. The van der Waals surface area contributed by atoms with Gasteiger partial charge in [-0.25, -0.2) is 4.79 Å². The molecule has 2 spiro atoms. The topological polar surface area (TPSA) is 87.1 Å². The third-order valence-electron chi connectivity index (χ3n) is 14.6. The number of hydrogen-bond donors (Lipinski definition) is 2. The molecule has 3 aromatic carbocycles. The van der Waals surface area contributed by atoms with Gasteiger partial charge in [0.1, 0.15) is 0 Å². The number of alkyl halides is 3. The van der Waals surface area contributed by atoms with Gasteiger partial charge in [-0.2, -0.15) is 13.2 Å². The second-order valence-corrected chi connectivity index (χ2v) is 16.9. The maximum Gasteiger partial charge on any atom is 0.416 e. The molecule has 2 bridgehead atoms. The number of carbonyl (C=O) groups is 2. The van der Waals surface area contributed by atoms with Gasteiger partial charge in [-0.1, -0.05) is 86.7 Å². The van der Waals surface area contributed by atoms with E-state index in [0.717, 1.165) is 34.9 Å². The van der Waals surface area contributed by atoms with Crippen molar-refractivity contribution in [1.82, 2.24) is 4.90 Å². The number of Topliss-reactive ketones (excluding diaryl/α,β-unsaturated/α-hetero) is 1. The number of aliphatic hydroxyl groups is 2. The van der Waals surface area contributed by atoms with Crippen molar-refractivity contribution in [2.24, 2.45) is 33.5 Å². The number of rotatable bonds is 7. The second kappa shape index (κ2) is 12.3. The summed E-state index contributed by atoms with van der Waals surface area (Å²) in [4.78, 5) is 30.1. The molecule has 6 nitrogen and oxygen atoms in total. The molecule has 3 aromatic rings. The van der Waals surface area contributed by atoms with E-state index in [2.05, 4.69) is 26.0 Å². The van der Waals surface area contributed by atoms with Crippen LogP contribution in [0, 0.1) is 33.5 Å². The van der Waals surface area contributed by atoms with E-state index < -0.39 is 51.6 Å². The van der Waals surface area contributed by atoms with Crippen molar-refractivity contribution in [3.05, 3.63) is 107 Å². The van der Waals surface area contributed by atoms with Gasteiger partial charge in [0.2, 0.25) is 0 Å². The third kappa shape index (κ3) is 5.20.